The first-order valence-electron chi connectivity index (χ1n) is 6.23. The minimum absolute atomic E-state index is 0.529. The maximum atomic E-state index is 8.72. The highest BCUT2D eigenvalue weighted by Crippen LogP contribution is 2.29. The summed E-state index contributed by atoms with van der Waals surface area (Å²) in [7, 11) is 2.11. The maximum Gasteiger partial charge on any atom is 0.297 e. The minimum atomic E-state index is 0.529. The third kappa shape index (κ3) is 2.80. The van der Waals surface area contributed by atoms with Crippen LogP contribution in [0.4, 0.5) is 0 Å². The van der Waals surface area contributed by atoms with Crippen LogP contribution in [0.1, 0.15) is 38.5 Å². The fraction of sp³-hybridized carbons (Fsp3) is 0.615. The molecule has 0 aromatic carbocycles. The van der Waals surface area contributed by atoms with Gasteiger partial charge in [0.1, 0.15) is 0 Å². The van der Waals surface area contributed by atoms with Gasteiger partial charge >= 0.3 is 0 Å². The normalized spacial score (nSPS) is 21.6. The van der Waals surface area contributed by atoms with Crippen molar-refractivity contribution in [3.05, 3.63) is 28.4 Å². The summed E-state index contributed by atoms with van der Waals surface area (Å²) in [5.41, 5.74) is 10.4. The Bertz CT molecular complexity index is 399. The van der Waals surface area contributed by atoms with Crippen LogP contribution in [0, 0.1) is 0 Å². The second-order valence-electron chi connectivity index (χ2n) is 4.79. The van der Waals surface area contributed by atoms with Gasteiger partial charge in [0, 0.05) is 19.2 Å². The van der Waals surface area contributed by atoms with Crippen LogP contribution >= 0.6 is 11.6 Å². The van der Waals surface area contributed by atoms with E-state index in [1.54, 1.807) is 0 Å². The van der Waals surface area contributed by atoms with Crippen molar-refractivity contribution in [1.82, 2.24) is 4.90 Å². The van der Waals surface area contributed by atoms with Crippen LogP contribution in [0.3, 0.4) is 0 Å². The molecule has 2 rings (SSSR count). The number of hydrogen-bond acceptors (Lipinski definition) is 1. The van der Waals surface area contributed by atoms with Crippen molar-refractivity contribution in [3.8, 4) is 0 Å². The summed E-state index contributed by atoms with van der Waals surface area (Å²) in [6.45, 7) is 0. The van der Waals surface area contributed by atoms with Crippen molar-refractivity contribution in [1.29, 1.82) is 0 Å². The van der Waals surface area contributed by atoms with E-state index in [1.165, 1.54) is 32.1 Å². The Labute approximate surface area is 107 Å². The molecule has 0 bridgehead atoms. The van der Waals surface area contributed by atoms with Crippen LogP contribution in [0.2, 0.25) is 0 Å². The summed E-state index contributed by atoms with van der Waals surface area (Å²) < 4.78 is 0. The van der Waals surface area contributed by atoms with E-state index in [9.17, 15) is 0 Å². The van der Waals surface area contributed by atoms with Gasteiger partial charge in [-0.15, -0.1) is 0 Å². The van der Waals surface area contributed by atoms with Crippen molar-refractivity contribution < 1.29 is 4.79 Å². The summed E-state index contributed by atoms with van der Waals surface area (Å²) >= 11 is 6.27. The highest BCUT2D eigenvalue weighted by molar-refractivity contribution is 6.32. The molecular weight excluding hydrogens is 234 g/mol. The Morgan fingerprint density at radius 2 is 2.00 bits per heavy atom. The maximum absolute atomic E-state index is 8.72. The summed E-state index contributed by atoms with van der Waals surface area (Å²) in [6, 6.07) is 0.602. The van der Waals surface area contributed by atoms with Crippen molar-refractivity contribution in [3.63, 3.8) is 0 Å². The molecule has 4 heteroatoms. The number of rotatable bonds is 2. The smallest absolute Gasteiger partial charge is 0.297 e. The monoisotopic (exact) mass is 251 g/mol. The van der Waals surface area contributed by atoms with Crippen LogP contribution < -0.4 is 0 Å². The Morgan fingerprint density at radius 3 is 2.59 bits per heavy atom. The average Bonchev–Trinajstić information content (AvgIpc) is 2.39. The Balaban J connectivity index is 2.11. The molecule has 0 spiro atoms. The third-order valence-corrected chi connectivity index (χ3v) is 4.01. The molecule has 0 radical (unpaired) electrons. The van der Waals surface area contributed by atoms with Crippen LogP contribution in [-0.2, 0) is 0 Å². The predicted molar refractivity (Wildman–Crippen MR) is 69.9 cm³/mol. The molecule has 0 aliphatic heterocycles. The molecule has 0 aromatic heterocycles. The summed E-state index contributed by atoms with van der Waals surface area (Å²) in [4.78, 5) is 5.48. The topological polar surface area (TPSA) is 39.6 Å². The molecule has 0 heterocycles. The number of halogens is 1. The predicted octanol–water partition coefficient (Wildman–Crippen LogP) is 3.33. The molecule has 2 aliphatic rings. The zero-order valence-electron chi connectivity index (χ0n) is 10.2. The Morgan fingerprint density at radius 1 is 1.29 bits per heavy atom. The first-order valence-corrected chi connectivity index (χ1v) is 6.60. The molecule has 0 aromatic rings. The quantitative estimate of drug-likeness (QED) is 0.548. The van der Waals surface area contributed by atoms with E-state index in [0.29, 0.717) is 18.2 Å². The van der Waals surface area contributed by atoms with Crippen molar-refractivity contribution in [2.75, 3.05) is 7.05 Å². The number of hydrogen-bond donors (Lipinski definition) is 0. The highest BCUT2D eigenvalue weighted by atomic mass is 35.5. The lowest BCUT2D eigenvalue weighted by Crippen LogP contribution is -2.33. The van der Waals surface area contributed by atoms with Gasteiger partial charge in [-0.3, -0.25) is 0 Å². The lowest BCUT2D eigenvalue weighted by molar-refractivity contribution is -0.00557. The van der Waals surface area contributed by atoms with E-state index in [4.69, 9.17) is 17.1 Å². The molecule has 0 unspecified atom stereocenters. The van der Waals surface area contributed by atoms with Gasteiger partial charge in [0.25, 0.3) is 5.71 Å². The minimum Gasteiger partial charge on any atom is -0.371 e. The zero-order chi connectivity index (χ0) is 12.3. The van der Waals surface area contributed by atoms with Crippen LogP contribution in [0.25, 0.3) is 5.53 Å². The SMILES string of the molecule is CN(C1=C(Cl)CC(=[N+]=[N-])C=C1)C1CCCCC1. The molecule has 0 atom stereocenters. The fourth-order valence-electron chi connectivity index (χ4n) is 2.62. The summed E-state index contributed by atoms with van der Waals surface area (Å²) in [5, 5.41) is 0.772. The van der Waals surface area contributed by atoms with Gasteiger partial charge in [-0.25, -0.2) is 0 Å². The second kappa shape index (κ2) is 5.52. The van der Waals surface area contributed by atoms with E-state index >= 15 is 0 Å². The number of nitrogens with zero attached hydrogens (tertiary/aromatic N) is 3. The molecule has 0 amide bonds. The van der Waals surface area contributed by atoms with E-state index in [0.717, 1.165) is 10.7 Å². The molecule has 2 aliphatic carbocycles. The highest BCUT2D eigenvalue weighted by Gasteiger charge is 2.24. The van der Waals surface area contributed by atoms with Crippen LogP contribution in [-0.4, -0.2) is 28.5 Å². The van der Waals surface area contributed by atoms with Gasteiger partial charge < -0.3 is 10.4 Å². The van der Waals surface area contributed by atoms with Gasteiger partial charge in [-0.05, 0) is 18.9 Å². The van der Waals surface area contributed by atoms with Gasteiger partial charge in [0.2, 0.25) is 0 Å². The number of likely N-dealkylation sites (N-methyl/N-ethyl adjacent to an activating group) is 1. The summed E-state index contributed by atoms with van der Waals surface area (Å²) in [6.07, 6.45) is 10.8. The Kier molecular flexibility index (Phi) is 4.03. The standard InChI is InChI=1S/C13H18ClN3/c1-17(11-5-3-2-4-6-11)13-8-7-10(16-15)9-12(13)14/h7-8,11H,2-6,9H2,1H3. The molecule has 17 heavy (non-hydrogen) atoms. The lowest BCUT2D eigenvalue weighted by Gasteiger charge is -2.34. The molecule has 92 valence electrons. The zero-order valence-corrected chi connectivity index (χ0v) is 11.0. The van der Waals surface area contributed by atoms with Gasteiger partial charge in [0.05, 0.1) is 17.2 Å². The largest absolute Gasteiger partial charge is 0.371 e. The number of allylic oxidation sites excluding steroid dienone is 3. The fourth-order valence-corrected chi connectivity index (χ4v) is 2.95. The van der Waals surface area contributed by atoms with Crippen molar-refractivity contribution in [2.24, 2.45) is 0 Å². The third-order valence-electron chi connectivity index (χ3n) is 3.68. The van der Waals surface area contributed by atoms with E-state index in [-0.39, 0.29) is 0 Å². The second-order valence-corrected chi connectivity index (χ2v) is 5.25. The molecule has 0 saturated heterocycles. The molecule has 0 N–H and O–H groups in total. The van der Waals surface area contributed by atoms with Gasteiger partial charge in [-0.1, -0.05) is 30.9 Å². The van der Waals surface area contributed by atoms with Crippen LogP contribution in [0.15, 0.2) is 22.9 Å². The van der Waals surface area contributed by atoms with E-state index in [1.807, 2.05) is 12.2 Å². The van der Waals surface area contributed by atoms with E-state index < -0.39 is 0 Å². The molecule has 1 saturated carbocycles. The van der Waals surface area contributed by atoms with E-state index in [2.05, 4.69) is 16.7 Å². The van der Waals surface area contributed by atoms with Crippen molar-refractivity contribution >= 4 is 17.3 Å². The summed E-state index contributed by atoms with van der Waals surface area (Å²) in [5.74, 6) is 0. The molecular formula is C13H18ClN3. The lowest BCUT2D eigenvalue weighted by atomic mass is 9.93. The van der Waals surface area contributed by atoms with Crippen LogP contribution in [0.5, 0.6) is 0 Å². The van der Waals surface area contributed by atoms with Gasteiger partial charge in [-0.2, -0.15) is 4.79 Å². The van der Waals surface area contributed by atoms with Gasteiger partial charge in [0.15, 0.2) is 0 Å². The first kappa shape index (κ1) is 12.4. The average molecular weight is 252 g/mol. The molecule has 3 nitrogen and oxygen atoms in total. The van der Waals surface area contributed by atoms with Crippen molar-refractivity contribution in [2.45, 2.75) is 44.6 Å². The molecule has 1 fully saturated rings. The first-order chi connectivity index (χ1) is 8.22. The Hall–Kier alpha value is -1.05.